The first-order valence-corrected chi connectivity index (χ1v) is 5.58. The number of carbonyl (C=O) groups is 1. The minimum absolute atomic E-state index is 0.718. The van der Waals surface area contributed by atoms with Crippen molar-refractivity contribution in [3.05, 3.63) is 70.8 Å². The molecule has 0 saturated heterocycles. The van der Waals surface area contributed by atoms with Gasteiger partial charge in [0.15, 0.2) is 6.29 Å². The van der Waals surface area contributed by atoms with Crippen LogP contribution in [0.2, 0.25) is 0 Å². The highest BCUT2D eigenvalue weighted by Crippen LogP contribution is 2.12. The summed E-state index contributed by atoms with van der Waals surface area (Å²) in [6.45, 7) is 2.06. The molecule has 0 heterocycles. The van der Waals surface area contributed by atoms with Crippen molar-refractivity contribution < 1.29 is 4.79 Å². The molecule has 2 aromatic carbocycles. The van der Waals surface area contributed by atoms with E-state index in [0.717, 1.165) is 23.0 Å². The van der Waals surface area contributed by atoms with Crippen molar-refractivity contribution in [2.75, 3.05) is 0 Å². The van der Waals surface area contributed by atoms with Crippen LogP contribution in [0.15, 0.2) is 48.5 Å². The normalized spacial score (nSPS) is 10.6. The summed E-state index contributed by atoms with van der Waals surface area (Å²) in [6, 6.07) is 15.8. The lowest BCUT2D eigenvalue weighted by atomic mass is 10.1. The maximum Gasteiger partial charge on any atom is 0.150 e. The summed E-state index contributed by atoms with van der Waals surface area (Å²) < 4.78 is 0. The van der Waals surface area contributed by atoms with E-state index in [-0.39, 0.29) is 0 Å². The van der Waals surface area contributed by atoms with E-state index in [4.69, 9.17) is 0 Å². The Labute approximate surface area is 101 Å². The molecule has 2 rings (SSSR count). The second-order valence-corrected chi connectivity index (χ2v) is 3.99. The molecule has 84 valence electrons. The molecule has 0 spiro atoms. The first-order valence-electron chi connectivity index (χ1n) is 5.58. The quantitative estimate of drug-likeness (QED) is 0.567. The molecule has 1 nitrogen and oxygen atoms in total. The van der Waals surface area contributed by atoms with Gasteiger partial charge in [0.25, 0.3) is 0 Å². The molecule has 0 aliphatic heterocycles. The number of benzene rings is 2. The number of aryl methyl sites for hydroxylation is 1. The molecule has 0 amide bonds. The van der Waals surface area contributed by atoms with Crippen LogP contribution in [0.5, 0.6) is 0 Å². The van der Waals surface area contributed by atoms with E-state index >= 15 is 0 Å². The van der Waals surface area contributed by atoms with Crippen molar-refractivity contribution in [3.63, 3.8) is 0 Å². The van der Waals surface area contributed by atoms with Crippen LogP contribution < -0.4 is 0 Å². The third-order valence-corrected chi connectivity index (χ3v) is 2.66. The monoisotopic (exact) mass is 222 g/mol. The number of hydrogen-bond acceptors (Lipinski definition) is 1. The topological polar surface area (TPSA) is 17.1 Å². The highest BCUT2D eigenvalue weighted by molar-refractivity contribution is 5.84. The molecule has 0 bridgehead atoms. The fourth-order valence-corrected chi connectivity index (χ4v) is 1.63. The molecular weight excluding hydrogens is 208 g/mol. The summed E-state index contributed by atoms with van der Waals surface area (Å²) in [4.78, 5) is 10.8. The Morgan fingerprint density at radius 3 is 2.12 bits per heavy atom. The van der Waals surface area contributed by atoms with Gasteiger partial charge in [-0.1, -0.05) is 66.2 Å². The Morgan fingerprint density at radius 1 is 0.824 bits per heavy atom. The van der Waals surface area contributed by atoms with Gasteiger partial charge in [-0.05, 0) is 18.1 Å². The van der Waals surface area contributed by atoms with Crippen LogP contribution >= 0.6 is 0 Å². The van der Waals surface area contributed by atoms with Gasteiger partial charge in [-0.2, -0.15) is 0 Å². The zero-order valence-electron chi connectivity index (χ0n) is 9.76. The van der Waals surface area contributed by atoms with Crippen LogP contribution in [-0.4, -0.2) is 6.29 Å². The van der Waals surface area contributed by atoms with Crippen LogP contribution in [0.25, 0.3) is 12.2 Å². The lowest BCUT2D eigenvalue weighted by molar-refractivity contribution is 0.112. The van der Waals surface area contributed by atoms with Gasteiger partial charge < -0.3 is 0 Å². The first-order chi connectivity index (χ1) is 8.29. The summed E-state index contributed by atoms with van der Waals surface area (Å²) in [5.74, 6) is 0. The summed E-state index contributed by atoms with van der Waals surface area (Å²) in [5, 5.41) is 0. The molecule has 1 heteroatoms. The molecule has 17 heavy (non-hydrogen) atoms. The van der Waals surface area contributed by atoms with E-state index in [1.54, 1.807) is 0 Å². The van der Waals surface area contributed by atoms with E-state index in [1.165, 1.54) is 5.56 Å². The van der Waals surface area contributed by atoms with Crippen molar-refractivity contribution in [1.29, 1.82) is 0 Å². The van der Waals surface area contributed by atoms with Gasteiger partial charge in [0.1, 0.15) is 0 Å². The van der Waals surface area contributed by atoms with E-state index < -0.39 is 0 Å². The number of carbonyl (C=O) groups excluding carboxylic acids is 1. The fourth-order valence-electron chi connectivity index (χ4n) is 1.63. The Balaban J connectivity index is 2.25. The minimum atomic E-state index is 0.718. The van der Waals surface area contributed by atoms with Crippen molar-refractivity contribution in [2.45, 2.75) is 6.92 Å². The predicted octanol–water partition coefficient (Wildman–Crippen LogP) is 3.98. The Kier molecular flexibility index (Phi) is 3.51. The highest BCUT2D eigenvalue weighted by atomic mass is 16.1. The number of aldehydes is 1. The minimum Gasteiger partial charge on any atom is -0.298 e. The summed E-state index contributed by atoms with van der Waals surface area (Å²) in [6.07, 6.45) is 4.87. The van der Waals surface area contributed by atoms with Gasteiger partial charge in [0, 0.05) is 5.56 Å². The lowest BCUT2D eigenvalue weighted by Crippen LogP contribution is -1.84. The molecule has 0 N–H and O–H groups in total. The van der Waals surface area contributed by atoms with Gasteiger partial charge in [-0.25, -0.2) is 0 Å². The summed E-state index contributed by atoms with van der Waals surface area (Å²) in [5.41, 5.74) is 4.05. The zero-order valence-corrected chi connectivity index (χ0v) is 9.76. The second-order valence-electron chi connectivity index (χ2n) is 3.99. The standard InChI is InChI=1S/C16H14O/c1-13-6-8-14(9-7-13)10-11-15-4-2-3-5-16(15)12-17/h2-12H,1H3. The van der Waals surface area contributed by atoms with Crippen LogP contribution in [0, 0.1) is 6.92 Å². The van der Waals surface area contributed by atoms with Crippen molar-refractivity contribution in [3.8, 4) is 0 Å². The van der Waals surface area contributed by atoms with Crippen LogP contribution in [0.3, 0.4) is 0 Å². The Bertz CT molecular complexity index is 536. The van der Waals surface area contributed by atoms with Crippen LogP contribution in [0.4, 0.5) is 0 Å². The molecule has 0 unspecified atom stereocenters. The molecule has 0 fully saturated rings. The molecule has 0 radical (unpaired) electrons. The largest absolute Gasteiger partial charge is 0.298 e. The van der Waals surface area contributed by atoms with Gasteiger partial charge in [-0.3, -0.25) is 4.79 Å². The van der Waals surface area contributed by atoms with E-state index in [2.05, 4.69) is 31.2 Å². The molecule has 0 aliphatic carbocycles. The van der Waals surface area contributed by atoms with Gasteiger partial charge >= 0.3 is 0 Å². The molecule has 0 aliphatic rings. The summed E-state index contributed by atoms with van der Waals surface area (Å²) >= 11 is 0. The lowest BCUT2D eigenvalue weighted by Gasteiger charge is -1.98. The van der Waals surface area contributed by atoms with Crippen LogP contribution in [-0.2, 0) is 0 Å². The summed E-state index contributed by atoms with van der Waals surface area (Å²) in [7, 11) is 0. The van der Waals surface area contributed by atoms with Gasteiger partial charge in [0.05, 0.1) is 0 Å². The molecule has 0 atom stereocenters. The van der Waals surface area contributed by atoms with Crippen molar-refractivity contribution >= 4 is 18.4 Å². The van der Waals surface area contributed by atoms with E-state index in [1.807, 2.05) is 36.4 Å². The molecular formula is C16H14O. The first kappa shape index (κ1) is 11.3. The third-order valence-electron chi connectivity index (χ3n) is 2.66. The molecule has 0 saturated carbocycles. The Morgan fingerprint density at radius 2 is 1.47 bits per heavy atom. The zero-order chi connectivity index (χ0) is 12.1. The number of hydrogen-bond donors (Lipinski definition) is 0. The SMILES string of the molecule is Cc1ccc(C=Cc2ccccc2C=O)cc1. The second kappa shape index (κ2) is 5.26. The fraction of sp³-hybridized carbons (Fsp3) is 0.0625. The Hall–Kier alpha value is -2.15. The van der Waals surface area contributed by atoms with Crippen LogP contribution in [0.1, 0.15) is 27.0 Å². The average Bonchev–Trinajstić information content (AvgIpc) is 2.38. The smallest absolute Gasteiger partial charge is 0.150 e. The molecule has 0 aromatic heterocycles. The van der Waals surface area contributed by atoms with Gasteiger partial charge in [0.2, 0.25) is 0 Å². The molecule has 2 aromatic rings. The maximum atomic E-state index is 10.8. The predicted molar refractivity (Wildman–Crippen MR) is 71.9 cm³/mol. The maximum absolute atomic E-state index is 10.8. The van der Waals surface area contributed by atoms with Gasteiger partial charge in [-0.15, -0.1) is 0 Å². The highest BCUT2D eigenvalue weighted by Gasteiger charge is 1.95. The van der Waals surface area contributed by atoms with Crippen molar-refractivity contribution in [2.24, 2.45) is 0 Å². The van der Waals surface area contributed by atoms with E-state index in [0.29, 0.717) is 0 Å². The third kappa shape index (κ3) is 2.91. The van der Waals surface area contributed by atoms with E-state index in [9.17, 15) is 4.79 Å². The average molecular weight is 222 g/mol. The van der Waals surface area contributed by atoms with Crippen molar-refractivity contribution in [1.82, 2.24) is 0 Å². The number of rotatable bonds is 3.